The molecule has 1 N–H and O–H groups in total. The van der Waals surface area contributed by atoms with E-state index >= 15 is 0 Å². The summed E-state index contributed by atoms with van der Waals surface area (Å²) in [6, 6.07) is 26.4. The number of hydrogen-bond acceptors (Lipinski definition) is 3. The molecule has 0 radical (unpaired) electrons. The Kier molecular flexibility index (Phi) is 5.85. The number of carbonyl (C=O) groups is 2. The van der Waals surface area contributed by atoms with Crippen LogP contribution in [0.5, 0.6) is 0 Å². The lowest BCUT2D eigenvalue weighted by molar-refractivity contribution is -0.125. The monoisotopic (exact) mass is 435 g/mol. The molecule has 0 atom stereocenters. The number of hydrogen-bond donors (Lipinski definition) is 1. The van der Waals surface area contributed by atoms with E-state index in [-0.39, 0.29) is 24.7 Å². The highest BCUT2D eigenvalue weighted by molar-refractivity contribution is 6.13. The maximum atomic E-state index is 12.8. The first-order valence-electron chi connectivity index (χ1n) is 11.3. The maximum Gasteiger partial charge on any atom is 0.240 e. The van der Waals surface area contributed by atoms with E-state index in [4.69, 9.17) is 0 Å². The molecule has 0 aromatic heterocycles. The number of amides is 2. The Morgan fingerprint density at radius 1 is 0.879 bits per heavy atom. The number of para-hydroxylation sites is 1. The summed E-state index contributed by atoms with van der Waals surface area (Å²) in [5, 5.41) is 8.62. The minimum atomic E-state index is -0.269. The predicted octanol–water partition coefficient (Wildman–Crippen LogP) is 5.20. The van der Waals surface area contributed by atoms with Crippen LogP contribution in [0.3, 0.4) is 0 Å². The Bertz CT molecular complexity index is 1320. The van der Waals surface area contributed by atoms with E-state index in [9.17, 15) is 9.59 Å². The molecule has 4 aromatic rings. The minimum absolute atomic E-state index is 0.0265. The first kappa shape index (κ1) is 20.9. The van der Waals surface area contributed by atoms with Gasteiger partial charge in [-0.3, -0.25) is 9.59 Å². The zero-order chi connectivity index (χ0) is 22.6. The van der Waals surface area contributed by atoms with Crippen molar-refractivity contribution in [1.82, 2.24) is 5.43 Å². The summed E-state index contributed by atoms with van der Waals surface area (Å²) < 4.78 is 0. The maximum absolute atomic E-state index is 12.8. The zero-order valence-electron chi connectivity index (χ0n) is 18.3. The van der Waals surface area contributed by atoms with Crippen LogP contribution in [-0.4, -0.2) is 24.6 Å². The van der Waals surface area contributed by atoms with Gasteiger partial charge >= 0.3 is 0 Å². The summed E-state index contributed by atoms with van der Waals surface area (Å²) in [5.41, 5.74) is 5.72. The predicted molar refractivity (Wildman–Crippen MR) is 134 cm³/mol. The molecule has 5 heteroatoms. The summed E-state index contributed by atoms with van der Waals surface area (Å²) >= 11 is 0. The Morgan fingerprint density at radius 3 is 2.30 bits per heavy atom. The van der Waals surface area contributed by atoms with E-state index in [1.165, 1.54) is 5.56 Å². The fourth-order valence-electron chi connectivity index (χ4n) is 4.56. The summed E-state index contributed by atoms with van der Waals surface area (Å²) in [5.74, 6) is -0.296. The van der Waals surface area contributed by atoms with Crippen molar-refractivity contribution in [3.8, 4) is 0 Å². The minimum Gasteiger partial charge on any atom is -0.312 e. The first-order chi connectivity index (χ1) is 16.2. The molecular weight excluding hydrogens is 410 g/mol. The average molecular weight is 436 g/mol. The first-order valence-corrected chi connectivity index (χ1v) is 11.3. The van der Waals surface area contributed by atoms with E-state index in [0.717, 1.165) is 45.6 Å². The SMILES string of the molecule is O=C(CCC(=O)N1CCCc2ccccc21)NN=Cc1c2ccccc2cc2ccccc12. The molecule has 0 spiro atoms. The highest BCUT2D eigenvalue weighted by atomic mass is 16.2. The van der Waals surface area contributed by atoms with Crippen LogP contribution in [0.25, 0.3) is 21.5 Å². The van der Waals surface area contributed by atoms with Crippen molar-refractivity contribution in [1.29, 1.82) is 0 Å². The summed E-state index contributed by atoms with van der Waals surface area (Å²) in [6.45, 7) is 0.698. The number of anilines is 1. The van der Waals surface area contributed by atoms with Crippen LogP contribution < -0.4 is 10.3 Å². The van der Waals surface area contributed by atoms with Gasteiger partial charge in [-0.2, -0.15) is 5.10 Å². The average Bonchev–Trinajstić information content (AvgIpc) is 2.86. The third kappa shape index (κ3) is 4.35. The normalized spacial score (nSPS) is 13.4. The summed E-state index contributed by atoms with van der Waals surface area (Å²) in [4.78, 5) is 27.0. The van der Waals surface area contributed by atoms with Crippen LogP contribution in [0.1, 0.15) is 30.4 Å². The van der Waals surface area contributed by atoms with Gasteiger partial charge in [0.05, 0.1) is 6.21 Å². The second-order valence-electron chi connectivity index (χ2n) is 8.30. The molecule has 5 rings (SSSR count). The molecule has 0 aliphatic carbocycles. The van der Waals surface area contributed by atoms with Gasteiger partial charge in [-0.15, -0.1) is 0 Å². The number of nitrogens with zero attached hydrogens (tertiary/aromatic N) is 2. The number of aryl methyl sites for hydroxylation is 1. The molecule has 2 amide bonds. The van der Waals surface area contributed by atoms with Crippen LogP contribution in [0.2, 0.25) is 0 Å². The van der Waals surface area contributed by atoms with Gasteiger partial charge < -0.3 is 4.90 Å². The molecule has 0 fully saturated rings. The smallest absolute Gasteiger partial charge is 0.240 e. The number of benzene rings is 4. The molecule has 4 aromatic carbocycles. The Morgan fingerprint density at radius 2 is 1.55 bits per heavy atom. The van der Waals surface area contributed by atoms with Gasteiger partial charge in [-0.25, -0.2) is 5.43 Å². The molecule has 33 heavy (non-hydrogen) atoms. The number of hydrazone groups is 1. The number of nitrogens with one attached hydrogen (secondary N) is 1. The zero-order valence-corrected chi connectivity index (χ0v) is 18.3. The lowest BCUT2D eigenvalue weighted by Crippen LogP contribution is -2.36. The molecule has 5 nitrogen and oxygen atoms in total. The van der Waals surface area contributed by atoms with Crippen molar-refractivity contribution in [3.63, 3.8) is 0 Å². The molecule has 1 aliphatic rings. The van der Waals surface area contributed by atoms with Crippen LogP contribution >= 0.6 is 0 Å². The van der Waals surface area contributed by atoms with Crippen molar-refractivity contribution in [3.05, 3.63) is 90.0 Å². The van der Waals surface area contributed by atoms with Crippen LogP contribution in [0.4, 0.5) is 5.69 Å². The third-order valence-electron chi connectivity index (χ3n) is 6.17. The summed E-state index contributed by atoms with van der Waals surface area (Å²) in [6.07, 6.45) is 3.89. The molecule has 1 aliphatic heterocycles. The Labute approximate surface area is 192 Å². The van der Waals surface area contributed by atoms with Crippen molar-refractivity contribution >= 4 is 45.3 Å². The van der Waals surface area contributed by atoms with Crippen LogP contribution in [-0.2, 0) is 16.0 Å². The van der Waals surface area contributed by atoms with E-state index in [0.29, 0.717) is 6.54 Å². The molecule has 0 saturated carbocycles. The van der Waals surface area contributed by atoms with Crippen LogP contribution in [0, 0.1) is 0 Å². The fraction of sp³-hybridized carbons (Fsp3) is 0.179. The highest BCUT2D eigenvalue weighted by Gasteiger charge is 2.22. The van der Waals surface area contributed by atoms with Gasteiger partial charge in [0.25, 0.3) is 0 Å². The van der Waals surface area contributed by atoms with E-state index < -0.39 is 0 Å². The highest BCUT2D eigenvalue weighted by Crippen LogP contribution is 2.28. The van der Waals surface area contributed by atoms with Gasteiger partial charge in [0.15, 0.2) is 0 Å². The van der Waals surface area contributed by atoms with Gasteiger partial charge in [0.2, 0.25) is 11.8 Å². The third-order valence-corrected chi connectivity index (χ3v) is 6.17. The molecule has 164 valence electrons. The lowest BCUT2D eigenvalue weighted by atomic mass is 9.97. The van der Waals surface area contributed by atoms with E-state index in [1.54, 1.807) is 11.1 Å². The summed E-state index contributed by atoms with van der Waals surface area (Å²) in [7, 11) is 0. The number of fused-ring (bicyclic) bond motifs is 3. The van der Waals surface area contributed by atoms with Crippen molar-refractivity contribution < 1.29 is 9.59 Å². The molecule has 0 bridgehead atoms. The fourth-order valence-corrected chi connectivity index (χ4v) is 4.56. The van der Waals surface area contributed by atoms with Gasteiger partial charge in [-0.1, -0.05) is 66.7 Å². The van der Waals surface area contributed by atoms with Gasteiger partial charge in [-0.05, 0) is 52.1 Å². The Balaban J connectivity index is 1.26. The lowest BCUT2D eigenvalue weighted by Gasteiger charge is -2.29. The molecule has 1 heterocycles. The molecular formula is C28H25N3O2. The topological polar surface area (TPSA) is 61.8 Å². The van der Waals surface area contributed by atoms with Crippen LogP contribution in [0.15, 0.2) is 84.0 Å². The molecule has 0 unspecified atom stereocenters. The quantitative estimate of drug-likeness (QED) is 0.266. The van der Waals surface area contributed by atoms with Gasteiger partial charge in [0.1, 0.15) is 0 Å². The largest absolute Gasteiger partial charge is 0.312 e. The second kappa shape index (κ2) is 9.25. The van der Waals surface area contributed by atoms with E-state index in [1.807, 2.05) is 42.5 Å². The standard InChI is InChI=1S/C28H25N3O2/c32-27(15-16-28(33)31-17-7-11-20-8-3-6-14-26(20)31)30-29-19-25-23-12-4-1-9-21(23)18-22-10-2-5-13-24(22)25/h1-6,8-10,12-14,18-19H,7,11,15-17H2,(H,30,32). The van der Waals surface area contributed by atoms with Crippen molar-refractivity contribution in [2.24, 2.45) is 5.10 Å². The van der Waals surface area contributed by atoms with Crippen molar-refractivity contribution in [2.45, 2.75) is 25.7 Å². The second-order valence-corrected chi connectivity index (χ2v) is 8.30. The van der Waals surface area contributed by atoms with Crippen molar-refractivity contribution in [2.75, 3.05) is 11.4 Å². The number of carbonyl (C=O) groups excluding carboxylic acids is 2. The number of rotatable bonds is 5. The molecule has 0 saturated heterocycles. The van der Waals surface area contributed by atoms with E-state index in [2.05, 4.69) is 46.9 Å². The van der Waals surface area contributed by atoms with Gasteiger partial charge in [0, 0.05) is 30.6 Å². The Hall–Kier alpha value is -3.99.